The van der Waals surface area contributed by atoms with Gasteiger partial charge in [-0.1, -0.05) is 12.1 Å². The van der Waals surface area contributed by atoms with Crippen LogP contribution in [0.15, 0.2) is 48.8 Å². The van der Waals surface area contributed by atoms with Gasteiger partial charge in [-0.3, -0.25) is 33.6 Å². The van der Waals surface area contributed by atoms with Crippen LogP contribution < -0.4 is 10.4 Å². The summed E-state index contributed by atoms with van der Waals surface area (Å²) in [4.78, 5) is 75.7. The zero-order valence-corrected chi connectivity index (χ0v) is 32.9. The molecule has 2 aromatic heterocycles. The molecule has 5 aliphatic rings. The summed E-state index contributed by atoms with van der Waals surface area (Å²) in [6, 6.07) is 6.84. The Morgan fingerprint density at radius 3 is 2.57 bits per heavy atom. The molecule has 1 spiro atoms. The lowest BCUT2D eigenvalue weighted by atomic mass is 9.93. The standard InChI is InChI=1S/C39H48FN6O8PS/c1-23(38(50)51)43-55(52,53)34(40)24-4-9-32-26(17-24)18-33(56-32)35(47)42-30-7-5-28(44-13-15-54-16-14-44)19-29-6-8-31(46(29)36(30)48)37(49)45-22-27(20-39(45)10-11-39)25-3-2-12-41-21-25/h2-4,9,12,17-18,21,23,27-31,34H,5-8,10-11,13-16,19-20,22H2,1H3,(H,42,47)(H,50,51)(H2,43,52,53)/t23-,27-,28-,29+,30-,31-,34-/m0/s1. The Labute approximate surface area is 328 Å². The fourth-order valence-corrected chi connectivity index (χ4v) is 11.7. The number of hydrogen-bond acceptors (Lipinski definition) is 9. The Balaban J connectivity index is 1.03. The van der Waals surface area contributed by atoms with Gasteiger partial charge in [-0.05, 0) is 99.1 Å². The lowest BCUT2D eigenvalue weighted by Crippen LogP contribution is -2.59. The van der Waals surface area contributed by atoms with E-state index in [1.807, 2.05) is 22.3 Å². The van der Waals surface area contributed by atoms with Gasteiger partial charge in [0.2, 0.25) is 17.7 Å². The molecule has 300 valence electrons. The highest BCUT2D eigenvalue weighted by Gasteiger charge is 2.58. The van der Waals surface area contributed by atoms with Crippen LogP contribution in [0.25, 0.3) is 10.1 Å². The SMILES string of the molecule is C[C@H](NP(=O)(O)[C@H](F)c1ccc2sc(C(=O)N[C@H]3CC[C@H](N4CCOCC4)C[C@H]4CC[C@@H](C(=O)N5C[C@@H](c6cccnc6)CC56CC6)N4C3=O)cc2c1)C(=O)O. The predicted molar refractivity (Wildman–Crippen MR) is 206 cm³/mol. The molecule has 4 N–H and O–H groups in total. The van der Waals surface area contributed by atoms with Gasteiger partial charge in [0.15, 0.2) is 0 Å². The van der Waals surface area contributed by atoms with E-state index >= 15 is 4.39 Å². The van der Waals surface area contributed by atoms with Gasteiger partial charge < -0.3 is 29.9 Å². The molecule has 1 saturated carbocycles. The molecule has 8 rings (SSSR count). The molecule has 56 heavy (non-hydrogen) atoms. The van der Waals surface area contributed by atoms with E-state index in [1.54, 1.807) is 23.2 Å². The molecular formula is C39H48FN6O8PS. The number of carboxylic acid groups (broad SMARTS) is 1. The van der Waals surface area contributed by atoms with Crippen LogP contribution in [0, 0.1) is 0 Å². The van der Waals surface area contributed by atoms with Gasteiger partial charge in [0, 0.05) is 60.3 Å². The third-order valence-corrected chi connectivity index (χ3v) is 15.3. The van der Waals surface area contributed by atoms with Crippen LogP contribution in [0.3, 0.4) is 0 Å². The normalized spacial score (nSPS) is 28.6. The first-order valence-electron chi connectivity index (χ1n) is 19.5. The monoisotopic (exact) mass is 810 g/mol. The minimum absolute atomic E-state index is 0.00941. The van der Waals surface area contributed by atoms with Crippen molar-refractivity contribution in [3.05, 3.63) is 64.8 Å². The quantitative estimate of drug-likeness (QED) is 0.213. The van der Waals surface area contributed by atoms with Crippen molar-refractivity contribution in [2.45, 2.75) is 106 Å². The number of carboxylic acids is 1. The third-order valence-electron chi connectivity index (χ3n) is 12.5. The van der Waals surface area contributed by atoms with E-state index in [1.165, 1.54) is 12.1 Å². The number of morpholine rings is 1. The highest BCUT2D eigenvalue weighted by molar-refractivity contribution is 7.56. The number of amides is 3. The maximum Gasteiger partial charge on any atom is 0.320 e. The third kappa shape index (κ3) is 7.63. The zero-order chi connectivity index (χ0) is 39.4. The fraction of sp³-hybridized carbons (Fsp3) is 0.564. The van der Waals surface area contributed by atoms with Crippen LogP contribution in [-0.4, -0.2) is 122 Å². The number of hydrogen-bond donors (Lipinski definition) is 4. The summed E-state index contributed by atoms with van der Waals surface area (Å²) in [6.07, 6.45) is 9.50. The van der Waals surface area contributed by atoms with E-state index in [2.05, 4.69) is 21.3 Å². The van der Waals surface area contributed by atoms with Gasteiger partial charge in [0.25, 0.3) is 5.91 Å². The number of aromatic nitrogens is 1. The first kappa shape index (κ1) is 39.1. The predicted octanol–water partition coefficient (Wildman–Crippen LogP) is 4.40. The Morgan fingerprint density at radius 2 is 1.86 bits per heavy atom. The van der Waals surface area contributed by atoms with E-state index in [4.69, 9.17) is 9.84 Å². The van der Waals surface area contributed by atoms with Gasteiger partial charge in [0.05, 0.1) is 18.1 Å². The van der Waals surface area contributed by atoms with Crippen LogP contribution in [0.5, 0.6) is 0 Å². The molecule has 4 aliphatic heterocycles. The number of halogens is 1. The number of thiophene rings is 1. The summed E-state index contributed by atoms with van der Waals surface area (Å²) >= 11 is 1.15. The van der Waals surface area contributed by atoms with Crippen LogP contribution in [-0.2, 0) is 23.7 Å². The maximum atomic E-state index is 15.3. The van der Waals surface area contributed by atoms with Crippen LogP contribution in [0.4, 0.5) is 4.39 Å². The van der Waals surface area contributed by atoms with Gasteiger partial charge in [-0.25, -0.2) is 9.48 Å². The van der Waals surface area contributed by atoms with Crippen molar-refractivity contribution in [3.63, 3.8) is 0 Å². The van der Waals surface area contributed by atoms with Crippen molar-refractivity contribution >= 4 is 52.6 Å². The molecule has 4 saturated heterocycles. The summed E-state index contributed by atoms with van der Waals surface area (Å²) < 4.78 is 34.3. The first-order valence-corrected chi connectivity index (χ1v) is 22.0. The highest BCUT2D eigenvalue weighted by Crippen LogP contribution is 2.55. The van der Waals surface area contributed by atoms with Gasteiger partial charge in [-0.15, -0.1) is 11.3 Å². The van der Waals surface area contributed by atoms with Gasteiger partial charge >= 0.3 is 13.5 Å². The molecule has 8 atom stereocenters. The zero-order valence-electron chi connectivity index (χ0n) is 31.2. The van der Waals surface area contributed by atoms with Gasteiger partial charge in [0.1, 0.15) is 18.1 Å². The Morgan fingerprint density at radius 1 is 1.09 bits per heavy atom. The summed E-state index contributed by atoms with van der Waals surface area (Å²) in [5.41, 5.74) is 0.793. The van der Waals surface area contributed by atoms with Crippen molar-refractivity contribution in [3.8, 4) is 0 Å². The highest BCUT2D eigenvalue weighted by atomic mass is 32.1. The smallest absolute Gasteiger partial charge is 0.320 e. The second kappa shape index (κ2) is 15.5. The number of alkyl halides is 1. The van der Waals surface area contributed by atoms with Crippen molar-refractivity contribution in [2.24, 2.45) is 0 Å². The molecule has 17 heteroatoms. The second-order valence-electron chi connectivity index (χ2n) is 16.0. The van der Waals surface area contributed by atoms with E-state index in [9.17, 15) is 28.6 Å². The second-order valence-corrected chi connectivity index (χ2v) is 19.1. The minimum atomic E-state index is -4.77. The molecule has 6 heterocycles. The number of fused-ring (bicyclic) bond motifs is 2. The summed E-state index contributed by atoms with van der Waals surface area (Å²) in [5.74, 6) is -4.36. The van der Waals surface area contributed by atoms with Crippen molar-refractivity contribution in [1.82, 2.24) is 30.1 Å². The Hall–Kier alpha value is -3.79. The number of nitrogens with zero attached hydrogens (tertiary/aromatic N) is 4. The van der Waals surface area contributed by atoms with Crippen LogP contribution in [0.1, 0.15) is 90.9 Å². The maximum absolute atomic E-state index is 15.3. The fourth-order valence-electron chi connectivity index (χ4n) is 9.35. The number of aliphatic carboxylic acids is 1. The lowest BCUT2D eigenvalue weighted by Gasteiger charge is -2.42. The number of ether oxygens (including phenoxy) is 1. The van der Waals surface area contributed by atoms with Crippen molar-refractivity contribution < 1.29 is 42.9 Å². The summed E-state index contributed by atoms with van der Waals surface area (Å²) in [6.45, 7) is 4.55. The van der Waals surface area contributed by atoms with E-state index in [0.29, 0.717) is 55.5 Å². The average Bonchev–Trinajstić information content (AvgIpc) is 3.48. The Bertz CT molecular complexity index is 2050. The molecule has 0 bridgehead atoms. The molecule has 3 amide bonds. The number of pyridine rings is 1. The topological polar surface area (TPSA) is 182 Å². The van der Waals surface area contributed by atoms with E-state index in [-0.39, 0.29) is 45.8 Å². The van der Waals surface area contributed by atoms with E-state index in [0.717, 1.165) is 62.6 Å². The first-order chi connectivity index (χ1) is 26.8. The van der Waals surface area contributed by atoms with Crippen molar-refractivity contribution in [2.75, 3.05) is 32.8 Å². The molecular weight excluding hydrogens is 763 g/mol. The molecule has 1 aliphatic carbocycles. The number of carbonyl (C=O) groups is 4. The lowest BCUT2D eigenvalue weighted by molar-refractivity contribution is -0.148. The van der Waals surface area contributed by atoms with E-state index < -0.39 is 43.4 Å². The molecule has 5 fully saturated rings. The summed E-state index contributed by atoms with van der Waals surface area (Å²) in [7, 11) is -4.77. The molecule has 14 nitrogen and oxygen atoms in total. The van der Waals surface area contributed by atoms with Crippen LogP contribution >= 0.6 is 18.9 Å². The number of rotatable bonds is 10. The number of nitrogens with one attached hydrogen (secondary N) is 2. The Kier molecular flexibility index (Phi) is 10.8. The molecule has 3 aromatic rings. The van der Waals surface area contributed by atoms with Crippen molar-refractivity contribution in [1.29, 1.82) is 0 Å². The van der Waals surface area contributed by atoms with Crippen LogP contribution in [0.2, 0.25) is 0 Å². The number of likely N-dealkylation sites (tertiary alicyclic amines) is 1. The molecule has 1 unspecified atom stereocenters. The largest absolute Gasteiger partial charge is 0.480 e. The molecule has 0 radical (unpaired) electrons. The number of carbonyl (C=O) groups excluding carboxylic acids is 3. The molecule has 1 aromatic carbocycles. The van der Waals surface area contributed by atoms with Gasteiger partial charge in [-0.2, -0.15) is 0 Å². The minimum Gasteiger partial charge on any atom is -0.480 e. The number of benzene rings is 1. The average molecular weight is 811 g/mol. The summed E-state index contributed by atoms with van der Waals surface area (Å²) in [5, 5.41) is 14.6.